The molecule has 0 bridgehead atoms. The lowest BCUT2D eigenvalue weighted by atomic mass is 10.2. The molecule has 0 spiro atoms. The summed E-state index contributed by atoms with van der Waals surface area (Å²) in [7, 11) is 1.74. The number of amides is 2. The van der Waals surface area contributed by atoms with E-state index >= 15 is 0 Å². The molecular weight excluding hydrogens is 263 g/mol. The van der Waals surface area contributed by atoms with Crippen LogP contribution < -0.4 is 5.32 Å². The van der Waals surface area contributed by atoms with Crippen molar-refractivity contribution in [2.24, 2.45) is 0 Å². The molecule has 5 heteroatoms. The van der Waals surface area contributed by atoms with Gasteiger partial charge in [-0.2, -0.15) is 0 Å². The SMILES string of the molecule is C[C@@H](c1cccs1)N(C)C(=O)Nc1ccc(F)cc1. The summed E-state index contributed by atoms with van der Waals surface area (Å²) < 4.78 is 12.8. The molecular formula is C14H15FN2OS. The van der Waals surface area contributed by atoms with E-state index in [1.165, 1.54) is 24.3 Å². The number of nitrogens with zero attached hydrogens (tertiary/aromatic N) is 1. The standard InChI is InChI=1S/C14H15FN2OS/c1-10(13-4-3-9-19-13)17(2)14(18)16-12-7-5-11(15)6-8-12/h3-10H,1-2H3,(H,16,18)/t10-/m0/s1. The van der Waals surface area contributed by atoms with Crippen molar-refractivity contribution >= 4 is 23.1 Å². The molecule has 1 aromatic heterocycles. The van der Waals surface area contributed by atoms with Crippen LogP contribution in [-0.2, 0) is 0 Å². The molecule has 0 aliphatic rings. The summed E-state index contributed by atoms with van der Waals surface area (Å²) in [5.74, 6) is -0.321. The van der Waals surface area contributed by atoms with Gasteiger partial charge in [0.25, 0.3) is 0 Å². The summed E-state index contributed by atoms with van der Waals surface area (Å²) in [5.41, 5.74) is 0.580. The van der Waals surface area contributed by atoms with E-state index < -0.39 is 0 Å². The Morgan fingerprint density at radius 3 is 2.58 bits per heavy atom. The summed E-state index contributed by atoms with van der Waals surface area (Å²) in [6, 6.07) is 9.46. The highest BCUT2D eigenvalue weighted by Crippen LogP contribution is 2.23. The maximum absolute atomic E-state index is 12.8. The van der Waals surface area contributed by atoms with Gasteiger partial charge >= 0.3 is 6.03 Å². The summed E-state index contributed by atoms with van der Waals surface area (Å²) >= 11 is 1.61. The van der Waals surface area contributed by atoms with Gasteiger partial charge in [0, 0.05) is 17.6 Å². The van der Waals surface area contributed by atoms with Crippen molar-refractivity contribution in [2.45, 2.75) is 13.0 Å². The van der Waals surface area contributed by atoms with Gasteiger partial charge in [0.05, 0.1) is 6.04 Å². The molecule has 0 radical (unpaired) electrons. The zero-order valence-corrected chi connectivity index (χ0v) is 11.6. The van der Waals surface area contributed by atoms with Crippen LogP contribution in [0.1, 0.15) is 17.8 Å². The molecule has 0 aliphatic carbocycles. The Morgan fingerprint density at radius 2 is 2.00 bits per heavy atom. The van der Waals surface area contributed by atoms with Gasteiger partial charge in [-0.25, -0.2) is 9.18 Å². The molecule has 1 N–H and O–H groups in total. The van der Waals surface area contributed by atoms with Crippen LogP contribution >= 0.6 is 11.3 Å². The molecule has 1 heterocycles. The van der Waals surface area contributed by atoms with Crippen LogP contribution in [0.3, 0.4) is 0 Å². The van der Waals surface area contributed by atoms with E-state index in [0.29, 0.717) is 5.69 Å². The number of hydrogen-bond acceptors (Lipinski definition) is 2. The minimum Gasteiger partial charge on any atom is -0.320 e. The third kappa shape index (κ3) is 3.32. The molecule has 100 valence electrons. The molecule has 1 atom stereocenters. The van der Waals surface area contributed by atoms with Gasteiger partial charge in [-0.1, -0.05) is 6.07 Å². The molecule has 2 amide bonds. The van der Waals surface area contributed by atoms with Crippen LogP contribution in [0.2, 0.25) is 0 Å². The second-order valence-electron chi connectivity index (χ2n) is 4.24. The highest BCUT2D eigenvalue weighted by Gasteiger charge is 2.18. The van der Waals surface area contributed by atoms with E-state index in [0.717, 1.165) is 4.88 Å². The number of anilines is 1. The molecule has 0 saturated carbocycles. The molecule has 0 fully saturated rings. The van der Waals surface area contributed by atoms with Crippen molar-refractivity contribution in [3.8, 4) is 0 Å². The maximum Gasteiger partial charge on any atom is 0.322 e. The molecule has 0 unspecified atom stereocenters. The van der Waals surface area contributed by atoms with Gasteiger partial charge in [-0.3, -0.25) is 0 Å². The van der Waals surface area contributed by atoms with Crippen LogP contribution in [0.5, 0.6) is 0 Å². The first-order chi connectivity index (χ1) is 9.08. The summed E-state index contributed by atoms with van der Waals surface area (Å²) in [4.78, 5) is 14.8. The van der Waals surface area contributed by atoms with Crippen molar-refractivity contribution in [2.75, 3.05) is 12.4 Å². The predicted octanol–water partition coefficient (Wildman–Crippen LogP) is 4.11. The van der Waals surface area contributed by atoms with Gasteiger partial charge in [0.2, 0.25) is 0 Å². The normalized spacial score (nSPS) is 11.9. The fraction of sp³-hybridized carbons (Fsp3) is 0.214. The summed E-state index contributed by atoms with van der Waals surface area (Å²) in [6.45, 7) is 1.97. The average molecular weight is 278 g/mol. The van der Waals surface area contributed by atoms with Crippen LogP contribution in [0.25, 0.3) is 0 Å². The van der Waals surface area contributed by atoms with E-state index in [1.54, 1.807) is 23.3 Å². The number of halogens is 1. The molecule has 0 saturated heterocycles. The Hall–Kier alpha value is -1.88. The number of thiophene rings is 1. The predicted molar refractivity (Wildman–Crippen MR) is 75.9 cm³/mol. The monoisotopic (exact) mass is 278 g/mol. The Kier molecular flexibility index (Phi) is 4.16. The second-order valence-corrected chi connectivity index (χ2v) is 5.22. The zero-order valence-electron chi connectivity index (χ0n) is 10.8. The lowest BCUT2D eigenvalue weighted by molar-refractivity contribution is 0.209. The largest absolute Gasteiger partial charge is 0.322 e. The molecule has 1 aromatic carbocycles. The fourth-order valence-corrected chi connectivity index (χ4v) is 2.47. The smallest absolute Gasteiger partial charge is 0.320 e. The van der Waals surface area contributed by atoms with E-state index in [9.17, 15) is 9.18 Å². The van der Waals surface area contributed by atoms with E-state index in [2.05, 4.69) is 5.32 Å². The number of nitrogens with one attached hydrogen (secondary N) is 1. The van der Waals surface area contributed by atoms with Crippen molar-refractivity contribution in [3.05, 3.63) is 52.5 Å². The van der Waals surface area contributed by atoms with Crippen LogP contribution in [0.4, 0.5) is 14.9 Å². The minimum absolute atomic E-state index is 0.000415. The summed E-state index contributed by atoms with van der Waals surface area (Å²) in [5, 5.41) is 4.72. The highest BCUT2D eigenvalue weighted by molar-refractivity contribution is 7.10. The van der Waals surface area contributed by atoms with E-state index in [1.807, 2.05) is 24.4 Å². The Morgan fingerprint density at radius 1 is 1.32 bits per heavy atom. The number of hydrogen-bond donors (Lipinski definition) is 1. The Bertz CT molecular complexity index is 539. The van der Waals surface area contributed by atoms with Crippen molar-refractivity contribution in [1.82, 2.24) is 4.90 Å². The fourth-order valence-electron chi connectivity index (χ4n) is 1.64. The van der Waals surface area contributed by atoms with Crippen molar-refractivity contribution < 1.29 is 9.18 Å². The summed E-state index contributed by atoms with van der Waals surface area (Å²) in [6.07, 6.45) is 0. The van der Waals surface area contributed by atoms with Crippen molar-refractivity contribution in [1.29, 1.82) is 0 Å². The lowest BCUT2D eigenvalue weighted by Gasteiger charge is -2.24. The van der Waals surface area contributed by atoms with Gasteiger partial charge in [-0.05, 0) is 42.6 Å². The number of carbonyl (C=O) groups excluding carboxylic acids is 1. The number of urea groups is 1. The van der Waals surface area contributed by atoms with Gasteiger partial charge in [0.15, 0.2) is 0 Å². The third-order valence-corrected chi connectivity index (χ3v) is 3.99. The first kappa shape index (κ1) is 13.5. The number of rotatable bonds is 3. The van der Waals surface area contributed by atoms with E-state index in [-0.39, 0.29) is 17.9 Å². The quantitative estimate of drug-likeness (QED) is 0.900. The number of carbonyl (C=O) groups is 1. The van der Waals surface area contributed by atoms with E-state index in [4.69, 9.17) is 0 Å². The maximum atomic E-state index is 12.8. The lowest BCUT2D eigenvalue weighted by Crippen LogP contribution is -2.33. The molecule has 2 rings (SSSR count). The molecule has 19 heavy (non-hydrogen) atoms. The first-order valence-electron chi connectivity index (χ1n) is 5.90. The Balaban J connectivity index is 2.01. The van der Waals surface area contributed by atoms with Crippen molar-refractivity contribution in [3.63, 3.8) is 0 Å². The van der Waals surface area contributed by atoms with Crippen LogP contribution in [-0.4, -0.2) is 18.0 Å². The van der Waals surface area contributed by atoms with Crippen LogP contribution in [0, 0.1) is 5.82 Å². The van der Waals surface area contributed by atoms with Gasteiger partial charge in [0.1, 0.15) is 5.82 Å². The zero-order chi connectivity index (χ0) is 13.8. The first-order valence-corrected chi connectivity index (χ1v) is 6.78. The second kappa shape index (κ2) is 5.84. The Labute approximate surface area is 115 Å². The van der Waals surface area contributed by atoms with Gasteiger partial charge in [-0.15, -0.1) is 11.3 Å². The molecule has 2 aromatic rings. The topological polar surface area (TPSA) is 32.3 Å². The highest BCUT2D eigenvalue weighted by atomic mass is 32.1. The number of benzene rings is 1. The van der Waals surface area contributed by atoms with Crippen LogP contribution in [0.15, 0.2) is 41.8 Å². The molecule has 0 aliphatic heterocycles. The third-order valence-electron chi connectivity index (χ3n) is 2.95. The molecule has 3 nitrogen and oxygen atoms in total. The van der Waals surface area contributed by atoms with Gasteiger partial charge < -0.3 is 10.2 Å². The minimum atomic E-state index is -0.321. The average Bonchev–Trinajstić information content (AvgIpc) is 2.93.